The summed E-state index contributed by atoms with van der Waals surface area (Å²) in [6.45, 7) is 0.121. The summed E-state index contributed by atoms with van der Waals surface area (Å²) in [6, 6.07) is 4.87. The second-order valence-corrected chi connectivity index (χ2v) is 3.63. The van der Waals surface area contributed by atoms with Crippen molar-refractivity contribution in [2.75, 3.05) is 11.4 Å². The van der Waals surface area contributed by atoms with Crippen molar-refractivity contribution < 1.29 is 13.6 Å². The zero-order valence-corrected chi connectivity index (χ0v) is 8.28. The lowest BCUT2D eigenvalue weighted by Crippen LogP contribution is -2.25. The highest BCUT2D eigenvalue weighted by Gasteiger charge is 2.32. The third-order valence-corrected chi connectivity index (χ3v) is 2.51. The molecule has 3 nitrogen and oxygen atoms in total. The number of hydrogen-bond donors (Lipinski definition) is 0. The van der Waals surface area contributed by atoms with Crippen molar-refractivity contribution in [3.63, 3.8) is 0 Å². The van der Waals surface area contributed by atoms with Crippen LogP contribution in [-0.2, 0) is 4.79 Å². The zero-order valence-electron chi connectivity index (χ0n) is 8.28. The van der Waals surface area contributed by atoms with Gasteiger partial charge in [-0.3, -0.25) is 4.79 Å². The molecule has 0 saturated carbocycles. The molecule has 1 heterocycles. The van der Waals surface area contributed by atoms with Gasteiger partial charge in [0.2, 0.25) is 5.91 Å². The van der Waals surface area contributed by atoms with Crippen LogP contribution in [0.25, 0.3) is 0 Å². The minimum atomic E-state index is -0.659. The summed E-state index contributed by atoms with van der Waals surface area (Å²) in [5.74, 6) is -2.07. The fourth-order valence-corrected chi connectivity index (χ4v) is 1.72. The first-order chi connectivity index (χ1) is 7.61. The molecule has 2 rings (SSSR count). The van der Waals surface area contributed by atoms with E-state index in [1.165, 1.54) is 0 Å². The van der Waals surface area contributed by atoms with Gasteiger partial charge in [-0.2, -0.15) is 5.26 Å². The van der Waals surface area contributed by atoms with Gasteiger partial charge in [0.1, 0.15) is 11.6 Å². The molecule has 5 heteroatoms. The average Bonchev–Trinajstić information content (AvgIpc) is 2.63. The molecule has 1 aliphatic rings. The van der Waals surface area contributed by atoms with E-state index in [0.29, 0.717) is 0 Å². The van der Waals surface area contributed by atoms with E-state index >= 15 is 0 Å². The summed E-state index contributed by atoms with van der Waals surface area (Å²) in [5.41, 5.74) is -0.0947. The third-order valence-electron chi connectivity index (χ3n) is 2.51. The summed E-state index contributed by atoms with van der Waals surface area (Å²) >= 11 is 0. The van der Waals surface area contributed by atoms with Crippen molar-refractivity contribution in [2.24, 2.45) is 5.92 Å². The van der Waals surface area contributed by atoms with Gasteiger partial charge in [-0.15, -0.1) is 0 Å². The molecule has 1 aromatic carbocycles. The van der Waals surface area contributed by atoms with E-state index < -0.39 is 17.6 Å². The monoisotopic (exact) mass is 222 g/mol. The summed E-state index contributed by atoms with van der Waals surface area (Å²) in [5, 5.41) is 8.68. The normalized spacial score (nSPS) is 19.9. The van der Waals surface area contributed by atoms with Crippen molar-refractivity contribution in [3.05, 3.63) is 29.8 Å². The van der Waals surface area contributed by atoms with E-state index in [1.807, 2.05) is 6.07 Å². The number of nitrogens with zero attached hydrogens (tertiary/aromatic N) is 2. The lowest BCUT2D eigenvalue weighted by atomic mass is 10.1. The number of benzene rings is 1. The minimum absolute atomic E-state index is 0.0620. The van der Waals surface area contributed by atoms with E-state index in [9.17, 15) is 13.6 Å². The smallest absolute Gasteiger partial charge is 0.228 e. The van der Waals surface area contributed by atoms with Crippen molar-refractivity contribution >= 4 is 11.6 Å². The summed E-state index contributed by atoms with van der Waals surface area (Å²) in [7, 11) is 0. The van der Waals surface area contributed by atoms with Crippen LogP contribution in [0, 0.1) is 28.9 Å². The van der Waals surface area contributed by atoms with Crippen molar-refractivity contribution in [1.29, 1.82) is 5.26 Å². The molecule has 16 heavy (non-hydrogen) atoms. The Morgan fingerprint density at radius 1 is 1.44 bits per heavy atom. The minimum Gasteiger partial charge on any atom is -0.308 e. The molecule has 0 aromatic heterocycles. The van der Waals surface area contributed by atoms with Gasteiger partial charge >= 0.3 is 0 Å². The van der Waals surface area contributed by atoms with Crippen LogP contribution < -0.4 is 4.90 Å². The Hall–Kier alpha value is -1.96. The number of halogens is 2. The van der Waals surface area contributed by atoms with Gasteiger partial charge in [0, 0.05) is 19.0 Å². The molecule has 1 unspecified atom stereocenters. The van der Waals surface area contributed by atoms with Crippen LogP contribution >= 0.6 is 0 Å². The molecule has 0 bridgehead atoms. The number of carbonyl (C=O) groups excluding carboxylic acids is 1. The SMILES string of the molecule is N#CC1CC(=O)N(c2cc(F)ccc2F)C1. The Labute approximate surface area is 90.9 Å². The van der Waals surface area contributed by atoms with Crippen LogP contribution in [0.15, 0.2) is 18.2 Å². The first-order valence-corrected chi connectivity index (χ1v) is 4.77. The first kappa shape index (κ1) is 10.6. The Kier molecular flexibility index (Phi) is 2.57. The number of hydrogen-bond acceptors (Lipinski definition) is 2. The van der Waals surface area contributed by atoms with Crippen molar-refractivity contribution in [3.8, 4) is 6.07 Å². The molecular weight excluding hydrogens is 214 g/mol. The Bertz CT molecular complexity index is 481. The predicted molar refractivity (Wildman–Crippen MR) is 52.4 cm³/mol. The molecule has 1 atom stereocenters. The molecule has 1 amide bonds. The standard InChI is InChI=1S/C11H8F2N2O/c12-8-1-2-9(13)10(4-8)15-6-7(5-14)3-11(15)16/h1-2,4,7H,3,6H2. The van der Waals surface area contributed by atoms with Crippen LogP contribution in [0.5, 0.6) is 0 Å². The fraction of sp³-hybridized carbons (Fsp3) is 0.273. The van der Waals surface area contributed by atoms with Crippen molar-refractivity contribution in [1.82, 2.24) is 0 Å². The van der Waals surface area contributed by atoms with Crippen LogP contribution in [0.3, 0.4) is 0 Å². The number of rotatable bonds is 1. The van der Waals surface area contributed by atoms with Gasteiger partial charge in [-0.1, -0.05) is 0 Å². The topological polar surface area (TPSA) is 44.1 Å². The van der Waals surface area contributed by atoms with Crippen LogP contribution in [0.4, 0.5) is 14.5 Å². The molecule has 0 spiro atoms. The Morgan fingerprint density at radius 3 is 2.81 bits per heavy atom. The van der Waals surface area contributed by atoms with E-state index in [0.717, 1.165) is 23.1 Å². The number of amides is 1. The number of nitriles is 1. The van der Waals surface area contributed by atoms with Gasteiger partial charge in [0.25, 0.3) is 0 Å². The van der Waals surface area contributed by atoms with Gasteiger partial charge in [-0.05, 0) is 12.1 Å². The van der Waals surface area contributed by atoms with E-state index in [2.05, 4.69) is 0 Å². The Morgan fingerprint density at radius 2 is 2.19 bits per heavy atom. The second-order valence-electron chi connectivity index (χ2n) is 3.63. The molecule has 1 aliphatic heterocycles. The quantitative estimate of drug-likeness (QED) is 0.727. The number of anilines is 1. The lowest BCUT2D eigenvalue weighted by molar-refractivity contribution is -0.117. The van der Waals surface area contributed by atoms with Crippen LogP contribution in [0.1, 0.15) is 6.42 Å². The molecule has 0 radical (unpaired) electrons. The summed E-state index contributed by atoms with van der Waals surface area (Å²) in [6.07, 6.45) is 0.0620. The molecule has 0 aliphatic carbocycles. The average molecular weight is 222 g/mol. The predicted octanol–water partition coefficient (Wildman–Crippen LogP) is 1.84. The molecule has 0 N–H and O–H groups in total. The maximum Gasteiger partial charge on any atom is 0.228 e. The van der Waals surface area contributed by atoms with Crippen molar-refractivity contribution in [2.45, 2.75) is 6.42 Å². The first-order valence-electron chi connectivity index (χ1n) is 4.77. The third kappa shape index (κ3) is 1.74. The number of carbonyl (C=O) groups is 1. The van der Waals surface area contributed by atoms with E-state index in [1.54, 1.807) is 0 Å². The fourth-order valence-electron chi connectivity index (χ4n) is 1.72. The Balaban J connectivity index is 2.35. The summed E-state index contributed by atoms with van der Waals surface area (Å²) < 4.78 is 26.3. The van der Waals surface area contributed by atoms with Gasteiger partial charge in [0.15, 0.2) is 0 Å². The van der Waals surface area contributed by atoms with Gasteiger partial charge < -0.3 is 4.90 Å². The lowest BCUT2D eigenvalue weighted by Gasteiger charge is -2.16. The second kappa shape index (κ2) is 3.89. The van der Waals surface area contributed by atoms with E-state index in [-0.39, 0.29) is 24.6 Å². The van der Waals surface area contributed by atoms with Crippen LogP contribution in [0.2, 0.25) is 0 Å². The van der Waals surface area contributed by atoms with Gasteiger partial charge in [-0.25, -0.2) is 8.78 Å². The highest BCUT2D eigenvalue weighted by atomic mass is 19.1. The molecule has 82 valence electrons. The highest BCUT2D eigenvalue weighted by Crippen LogP contribution is 2.27. The molecular formula is C11H8F2N2O. The van der Waals surface area contributed by atoms with Gasteiger partial charge in [0.05, 0.1) is 17.7 Å². The van der Waals surface area contributed by atoms with E-state index in [4.69, 9.17) is 5.26 Å². The van der Waals surface area contributed by atoms with Crippen LogP contribution in [-0.4, -0.2) is 12.5 Å². The largest absolute Gasteiger partial charge is 0.308 e. The molecule has 1 saturated heterocycles. The summed E-state index contributed by atoms with van der Waals surface area (Å²) in [4.78, 5) is 12.6. The maximum atomic E-state index is 13.4. The molecule has 1 aromatic rings. The zero-order chi connectivity index (χ0) is 11.7. The molecule has 1 fully saturated rings. The maximum absolute atomic E-state index is 13.4. The highest BCUT2D eigenvalue weighted by molar-refractivity contribution is 5.96.